The summed E-state index contributed by atoms with van der Waals surface area (Å²) in [6, 6.07) is 14.4. The number of hydrogen-bond donors (Lipinski definition) is 6. The molecule has 5 rings (SSSR count). The van der Waals surface area contributed by atoms with Crippen molar-refractivity contribution in [3.8, 4) is 16.9 Å². The minimum atomic E-state index is -1.73. The average molecular weight is 667 g/mol. The summed E-state index contributed by atoms with van der Waals surface area (Å²) in [6.07, 6.45) is 2.67. The number of ether oxygens (including phenoxy) is 1. The second kappa shape index (κ2) is 15.9. The standard InChI is InChI=1S/C35H46N4O7S/c1-22-9-12-31(47-17-5-8-32(43)39(2)20-28(41)33(44)34(45)29(42)21-40)38-27(22)19-37-35(14-15-35)26-18-36-16-13-24(26)25-6-3-4-7-30(25)46-23-10-11-23/h3-4,6-7,9,12-13,16,18,23,28-29,33-34,37,40-42,44-45H,5,8,10-11,14-15,17,19-21H2,1-2H3/t28-,29+,33+,34+/m0/s1. The van der Waals surface area contributed by atoms with Crippen LogP contribution in [0.15, 0.2) is 59.9 Å². The Hall–Kier alpha value is -3.10. The lowest BCUT2D eigenvalue weighted by Gasteiger charge is -2.28. The van der Waals surface area contributed by atoms with E-state index in [9.17, 15) is 25.2 Å². The van der Waals surface area contributed by atoms with Crippen LogP contribution >= 0.6 is 11.8 Å². The number of aliphatic hydroxyl groups is 5. The summed E-state index contributed by atoms with van der Waals surface area (Å²) in [5, 5.41) is 53.1. The van der Waals surface area contributed by atoms with Gasteiger partial charge in [0.05, 0.1) is 23.4 Å². The largest absolute Gasteiger partial charge is 0.490 e. The average Bonchev–Trinajstić information content (AvgIpc) is 4.03. The van der Waals surface area contributed by atoms with Crippen molar-refractivity contribution in [3.63, 3.8) is 0 Å². The summed E-state index contributed by atoms with van der Waals surface area (Å²) in [7, 11) is 1.50. The van der Waals surface area contributed by atoms with Crippen LogP contribution in [0.1, 0.15) is 55.3 Å². The number of aliphatic hydroxyl groups excluding tert-OH is 5. The molecule has 2 aliphatic carbocycles. The molecule has 0 radical (unpaired) electrons. The van der Waals surface area contributed by atoms with Crippen molar-refractivity contribution in [1.82, 2.24) is 20.2 Å². The second-order valence-electron chi connectivity index (χ2n) is 12.6. The van der Waals surface area contributed by atoms with Gasteiger partial charge in [-0.05, 0) is 79.7 Å². The minimum Gasteiger partial charge on any atom is -0.490 e. The van der Waals surface area contributed by atoms with Crippen LogP contribution in [0, 0.1) is 6.92 Å². The third-order valence-corrected chi connectivity index (χ3v) is 9.87. The van der Waals surface area contributed by atoms with Crippen LogP contribution in [0.25, 0.3) is 11.1 Å². The van der Waals surface area contributed by atoms with Gasteiger partial charge < -0.3 is 40.5 Å². The number of hydrogen-bond acceptors (Lipinski definition) is 11. The third kappa shape index (κ3) is 9.08. The number of pyridine rings is 2. The number of nitrogens with zero attached hydrogens (tertiary/aromatic N) is 3. The van der Waals surface area contributed by atoms with Gasteiger partial charge in [0, 0.05) is 50.1 Å². The summed E-state index contributed by atoms with van der Waals surface area (Å²) in [4.78, 5) is 23.3. The van der Waals surface area contributed by atoms with Gasteiger partial charge in [0.1, 0.15) is 30.2 Å². The Kier molecular flexibility index (Phi) is 11.9. The predicted molar refractivity (Wildman–Crippen MR) is 179 cm³/mol. The molecule has 2 aliphatic rings. The van der Waals surface area contributed by atoms with E-state index in [-0.39, 0.29) is 24.4 Å². The van der Waals surface area contributed by atoms with E-state index in [0.29, 0.717) is 24.8 Å². The number of aromatic nitrogens is 2. The molecule has 0 aliphatic heterocycles. The Balaban J connectivity index is 1.13. The van der Waals surface area contributed by atoms with Crippen molar-refractivity contribution >= 4 is 17.7 Å². The van der Waals surface area contributed by atoms with E-state index in [4.69, 9.17) is 14.8 Å². The summed E-state index contributed by atoms with van der Waals surface area (Å²) >= 11 is 1.57. The number of para-hydroxylation sites is 1. The summed E-state index contributed by atoms with van der Waals surface area (Å²) in [6.45, 7) is 1.68. The first kappa shape index (κ1) is 35.2. The molecule has 3 aromatic rings. The number of thioether (sulfide) groups is 1. The van der Waals surface area contributed by atoms with Crippen LogP contribution < -0.4 is 10.1 Å². The van der Waals surface area contributed by atoms with Gasteiger partial charge in [-0.15, -0.1) is 11.8 Å². The van der Waals surface area contributed by atoms with Gasteiger partial charge in [0.2, 0.25) is 5.91 Å². The Morgan fingerprint density at radius 2 is 1.81 bits per heavy atom. The fourth-order valence-electron chi connectivity index (χ4n) is 5.54. The zero-order valence-electron chi connectivity index (χ0n) is 27.0. The van der Waals surface area contributed by atoms with E-state index in [0.717, 1.165) is 58.8 Å². The maximum atomic E-state index is 12.6. The highest BCUT2D eigenvalue weighted by Gasteiger charge is 2.46. The number of rotatable bonds is 18. The van der Waals surface area contributed by atoms with E-state index in [1.807, 2.05) is 36.7 Å². The smallest absolute Gasteiger partial charge is 0.222 e. The minimum absolute atomic E-state index is 0.180. The number of carbonyl (C=O) groups is 1. The van der Waals surface area contributed by atoms with Crippen molar-refractivity contribution in [2.75, 3.05) is 26.0 Å². The summed E-state index contributed by atoms with van der Waals surface area (Å²) in [5.74, 6) is 1.36. The van der Waals surface area contributed by atoms with E-state index >= 15 is 0 Å². The lowest BCUT2D eigenvalue weighted by molar-refractivity contribution is -0.138. The zero-order chi connectivity index (χ0) is 33.6. The maximum Gasteiger partial charge on any atom is 0.222 e. The second-order valence-corrected chi connectivity index (χ2v) is 13.7. The van der Waals surface area contributed by atoms with Crippen molar-refractivity contribution in [2.45, 2.75) is 93.1 Å². The van der Waals surface area contributed by atoms with Crippen molar-refractivity contribution < 1.29 is 35.1 Å². The van der Waals surface area contributed by atoms with Crippen LogP contribution in [0.5, 0.6) is 5.75 Å². The number of aryl methyl sites for hydroxylation is 1. The molecule has 0 unspecified atom stereocenters. The monoisotopic (exact) mass is 666 g/mol. The van der Waals surface area contributed by atoms with Crippen LogP contribution in [0.4, 0.5) is 0 Å². The Bertz CT molecular complexity index is 1500. The van der Waals surface area contributed by atoms with Crippen molar-refractivity contribution in [2.24, 2.45) is 0 Å². The summed E-state index contributed by atoms with van der Waals surface area (Å²) < 4.78 is 6.25. The molecule has 6 N–H and O–H groups in total. The van der Waals surface area contributed by atoms with E-state index in [1.54, 1.807) is 11.8 Å². The lowest BCUT2D eigenvalue weighted by Crippen LogP contribution is -2.49. The Labute approximate surface area is 280 Å². The Morgan fingerprint density at radius 3 is 2.53 bits per heavy atom. The van der Waals surface area contributed by atoms with Crippen LogP contribution in [0.2, 0.25) is 0 Å². The van der Waals surface area contributed by atoms with E-state index in [2.05, 4.69) is 35.4 Å². The highest BCUT2D eigenvalue weighted by Crippen LogP contribution is 2.50. The molecule has 2 fully saturated rings. The molecule has 1 amide bonds. The molecule has 2 aromatic heterocycles. The molecule has 47 heavy (non-hydrogen) atoms. The van der Waals surface area contributed by atoms with Crippen LogP contribution in [0.3, 0.4) is 0 Å². The van der Waals surface area contributed by atoms with Gasteiger partial charge in [0.15, 0.2) is 0 Å². The lowest BCUT2D eigenvalue weighted by atomic mass is 9.94. The molecule has 0 saturated heterocycles. The maximum absolute atomic E-state index is 12.6. The fourth-order valence-corrected chi connectivity index (χ4v) is 6.38. The van der Waals surface area contributed by atoms with Gasteiger partial charge >= 0.3 is 0 Å². The summed E-state index contributed by atoms with van der Waals surface area (Å²) in [5.41, 5.74) is 5.29. The number of amides is 1. The molecular formula is C35H46N4O7S. The topological polar surface area (TPSA) is 169 Å². The molecule has 254 valence electrons. The molecular weight excluding hydrogens is 620 g/mol. The Morgan fingerprint density at radius 1 is 1.06 bits per heavy atom. The molecule has 0 spiro atoms. The van der Waals surface area contributed by atoms with Gasteiger partial charge in [-0.3, -0.25) is 9.78 Å². The zero-order valence-corrected chi connectivity index (χ0v) is 27.8. The van der Waals surface area contributed by atoms with Crippen LogP contribution in [-0.4, -0.2) is 103 Å². The molecule has 2 heterocycles. The normalized spacial score (nSPS) is 17.9. The van der Waals surface area contributed by atoms with Gasteiger partial charge in [0.25, 0.3) is 0 Å². The first-order valence-electron chi connectivity index (χ1n) is 16.2. The third-order valence-electron chi connectivity index (χ3n) is 8.85. The molecule has 4 atom stereocenters. The van der Waals surface area contributed by atoms with Crippen LogP contribution in [-0.2, 0) is 16.9 Å². The van der Waals surface area contributed by atoms with E-state index < -0.39 is 31.0 Å². The fraction of sp³-hybridized carbons (Fsp3) is 0.514. The molecule has 11 nitrogen and oxygen atoms in total. The van der Waals surface area contributed by atoms with Crippen molar-refractivity contribution in [1.29, 1.82) is 0 Å². The first-order chi connectivity index (χ1) is 22.6. The molecule has 1 aromatic carbocycles. The highest BCUT2D eigenvalue weighted by molar-refractivity contribution is 7.99. The number of benzene rings is 1. The SMILES string of the molecule is Cc1ccc(SCCCC(=O)N(C)C[C@H](O)[C@@H](O)[C@H](O)[C@H](O)CO)nc1CNC1(c2cnccc2-c2ccccc2OC2CC2)CC1. The first-order valence-corrected chi connectivity index (χ1v) is 17.2. The van der Waals surface area contributed by atoms with Gasteiger partial charge in [-0.1, -0.05) is 24.3 Å². The number of nitrogens with one attached hydrogen (secondary N) is 1. The van der Waals surface area contributed by atoms with Crippen molar-refractivity contribution in [3.05, 3.63) is 71.7 Å². The predicted octanol–water partition coefficient (Wildman–Crippen LogP) is 2.54. The quantitative estimate of drug-likeness (QED) is 0.0872. The van der Waals surface area contributed by atoms with E-state index in [1.165, 1.54) is 17.5 Å². The van der Waals surface area contributed by atoms with Gasteiger partial charge in [-0.2, -0.15) is 0 Å². The molecule has 2 saturated carbocycles. The highest BCUT2D eigenvalue weighted by atomic mass is 32.2. The molecule has 0 bridgehead atoms. The number of likely N-dealkylation sites (N-methyl/N-ethyl adjacent to an activating group) is 1. The molecule has 12 heteroatoms. The number of carbonyl (C=O) groups excluding carboxylic acids is 1. The van der Waals surface area contributed by atoms with Gasteiger partial charge in [-0.25, -0.2) is 4.98 Å².